The quantitative estimate of drug-likeness (QED) is 0.572. The normalized spacial score (nSPS) is 10.6. The van der Waals surface area contributed by atoms with Crippen LogP contribution in [0.15, 0.2) is 35.7 Å². The number of esters is 2. The second-order valence-corrected chi connectivity index (χ2v) is 6.41. The molecule has 0 spiro atoms. The van der Waals surface area contributed by atoms with Gasteiger partial charge in [-0.3, -0.25) is 4.79 Å². The smallest absolute Gasteiger partial charge is 0.342 e. The zero-order chi connectivity index (χ0) is 19.8. The van der Waals surface area contributed by atoms with Gasteiger partial charge in [-0.2, -0.15) is 0 Å². The molecular formula is C20H21NO5S. The molecule has 142 valence electrons. The van der Waals surface area contributed by atoms with Gasteiger partial charge >= 0.3 is 11.9 Å². The minimum Gasteiger partial charge on any atom is -0.462 e. The number of hydrogen-bond acceptors (Lipinski definition) is 6. The zero-order valence-corrected chi connectivity index (χ0v) is 16.2. The Morgan fingerprint density at radius 1 is 1.04 bits per heavy atom. The number of amides is 1. The molecule has 0 radical (unpaired) electrons. The molecule has 1 heterocycles. The van der Waals surface area contributed by atoms with E-state index in [1.165, 1.54) is 11.5 Å². The highest BCUT2D eigenvalue weighted by Crippen LogP contribution is 2.30. The lowest BCUT2D eigenvalue weighted by Crippen LogP contribution is -2.15. The van der Waals surface area contributed by atoms with Crippen molar-refractivity contribution in [1.29, 1.82) is 0 Å². The molecule has 0 aliphatic heterocycles. The van der Waals surface area contributed by atoms with Gasteiger partial charge in [0.15, 0.2) is 0 Å². The molecule has 0 bridgehead atoms. The minimum atomic E-state index is -0.681. The predicted octanol–water partition coefficient (Wildman–Crippen LogP) is 4.06. The number of aryl methyl sites for hydroxylation is 1. The van der Waals surface area contributed by atoms with Gasteiger partial charge < -0.3 is 14.8 Å². The van der Waals surface area contributed by atoms with Crippen LogP contribution >= 0.6 is 11.3 Å². The van der Waals surface area contributed by atoms with E-state index in [9.17, 15) is 14.4 Å². The molecule has 0 fully saturated rings. The number of rotatable bonds is 7. The van der Waals surface area contributed by atoms with Crippen molar-refractivity contribution >= 4 is 40.3 Å². The predicted molar refractivity (Wildman–Crippen MR) is 105 cm³/mol. The second kappa shape index (κ2) is 9.68. The minimum absolute atomic E-state index is 0.0115. The third-order valence-corrected chi connectivity index (χ3v) is 4.40. The Labute approximate surface area is 161 Å². The van der Waals surface area contributed by atoms with Crippen LogP contribution in [0.1, 0.15) is 45.7 Å². The Hall–Kier alpha value is -2.93. The maximum Gasteiger partial charge on any atom is 0.342 e. The Kier molecular flexibility index (Phi) is 7.31. The Morgan fingerprint density at radius 3 is 2.30 bits per heavy atom. The summed E-state index contributed by atoms with van der Waals surface area (Å²) < 4.78 is 9.97. The lowest BCUT2D eigenvalue weighted by molar-refractivity contribution is -0.111. The monoisotopic (exact) mass is 387 g/mol. The van der Waals surface area contributed by atoms with Crippen LogP contribution in [0.5, 0.6) is 0 Å². The van der Waals surface area contributed by atoms with Gasteiger partial charge in [0.1, 0.15) is 10.6 Å². The number of thiophene rings is 1. The van der Waals surface area contributed by atoms with Crippen LogP contribution in [0.3, 0.4) is 0 Å². The fourth-order valence-electron chi connectivity index (χ4n) is 2.22. The summed E-state index contributed by atoms with van der Waals surface area (Å²) in [5.74, 6) is -1.73. The molecule has 1 aromatic carbocycles. The van der Waals surface area contributed by atoms with Gasteiger partial charge in [-0.15, -0.1) is 11.3 Å². The molecule has 0 saturated carbocycles. The molecule has 0 unspecified atom stereocenters. The van der Waals surface area contributed by atoms with Crippen molar-refractivity contribution in [2.75, 3.05) is 18.5 Å². The number of carbonyl (C=O) groups is 3. The number of ether oxygens (including phenoxy) is 2. The molecule has 2 rings (SSSR count). The van der Waals surface area contributed by atoms with Crippen LogP contribution in [-0.2, 0) is 14.3 Å². The molecule has 0 saturated heterocycles. The molecule has 1 amide bonds. The molecule has 0 aliphatic rings. The van der Waals surface area contributed by atoms with E-state index in [-0.39, 0.29) is 29.3 Å². The van der Waals surface area contributed by atoms with Crippen molar-refractivity contribution in [2.24, 2.45) is 0 Å². The molecule has 0 aliphatic carbocycles. The van der Waals surface area contributed by atoms with Crippen LogP contribution in [0.25, 0.3) is 6.08 Å². The van der Waals surface area contributed by atoms with Gasteiger partial charge in [-0.1, -0.05) is 29.8 Å². The van der Waals surface area contributed by atoms with Crippen LogP contribution < -0.4 is 5.32 Å². The molecule has 2 aromatic rings. The number of carbonyl (C=O) groups excluding carboxylic acids is 3. The lowest BCUT2D eigenvalue weighted by atomic mass is 10.1. The Bertz CT molecular complexity index is 852. The van der Waals surface area contributed by atoms with E-state index in [0.29, 0.717) is 0 Å². The van der Waals surface area contributed by atoms with E-state index < -0.39 is 17.8 Å². The van der Waals surface area contributed by atoms with E-state index in [1.54, 1.807) is 19.9 Å². The van der Waals surface area contributed by atoms with Gasteiger partial charge in [0, 0.05) is 11.5 Å². The number of hydrogen-bond donors (Lipinski definition) is 1. The topological polar surface area (TPSA) is 81.7 Å². The molecular weight excluding hydrogens is 366 g/mol. The van der Waals surface area contributed by atoms with Gasteiger partial charge in [-0.05, 0) is 32.4 Å². The maximum atomic E-state index is 12.3. The molecule has 1 N–H and O–H groups in total. The first kappa shape index (κ1) is 20.4. The highest BCUT2D eigenvalue weighted by Gasteiger charge is 2.26. The molecule has 0 atom stereocenters. The van der Waals surface area contributed by atoms with Crippen molar-refractivity contribution in [3.05, 3.63) is 58.0 Å². The first-order chi connectivity index (χ1) is 13.0. The van der Waals surface area contributed by atoms with Crippen LogP contribution in [0, 0.1) is 6.92 Å². The van der Waals surface area contributed by atoms with E-state index >= 15 is 0 Å². The zero-order valence-electron chi connectivity index (χ0n) is 15.4. The second-order valence-electron chi connectivity index (χ2n) is 5.53. The first-order valence-corrected chi connectivity index (χ1v) is 9.35. The van der Waals surface area contributed by atoms with Crippen molar-refractivity contribution in [2.45, 2.75) is 20.8 Å². The largest absolute Gasteiger partial charge is 0.462 e. The maximum absolute atomic E-state index is 12.3. The molecule has 6 nitrogen and oxygen atoms in total. The Balaban J connectivity index is 2.21. The van der Waals surface area contributed by atoms with Gasteiger partial charge in [0.2, 0.25) is 5.91 Å². The van der Waals surface area contributed by atoms with Gasteiger partial charge in [-0.25, -0.2) is 9.59 Å². The fraction of sp³-hybridized carbons (Fsp3) is 0.250. The number of nitrogens with one attached hydrogen (secondary N) is 1. The van der Waals surface area contributed by atoms with E-state index in [1.807, 2.05) is 31.2 Å². The SMILES string of the molecule is CCOC(=O)c1csc(NC(=O)/C=C/c2ccc(C)cc2)c1C(=O)OCC. The molecule has 1 aromatic heterocycles. The summed E-state index contributed by atoms with van der Waals surface area (Å²) in [5, 5.41) is 4.35. The summed E-state index contributed by atoms with van der Waals surface area (Å²) in [6, 6.07) is 7.68. The van der Waals surface area contributed by atoms with E-state index in [0.717, 1.165) is 22.5 Å². The highest BCUT2D eigenvalue weighted by atomic mass is 32.1. The van der Waals surface area contributed by atoms with Crippen molar-refractivity contribution in [3.8, 4) is 0 Å². The first-order valence-electron chi connectivity index (χ1n) is 8.47. The Morgan fingerprint density at radius 2 is 1.67 bits per heavy atom. The van der Waals surface area contributed by atoms with Crippen LogP contribution in [-0.4, -0.2) is 31.1 Å². The van der Waals surface area contributed by atoms with Gasteiger partial charge in [0.05, 0.1) is 18.8 Å². The lowest BCUT2D eigenvalue weighted by Gasteiger charge is -2.07. The van der Waals surface area contributed by atoms with Crippen LogP contribution in [0.2, 0.25) is 0 Å². The standard InChI is InChI=1S/C20H21NO5S/c1-4-25-19(23)15-12-27-18(17(15)20(24)26-5-2)21-16(22)11-10-14-8-6-13(3)7-9-14/h6-12H,4-5H2,1-3H3,(H,21,22)/b11-10+. The third kappa shape index (κ3) is 5.52. The third-order valence-electron chi connectivity index (χ3n) is 3.51. The van der Waals surface area contributed by atoms with Crippen molar-refractivity contribution in [3.63, 3.8) is 0 Å². The summed E-state index contributed by atoms with van der Waals surface area (Å²) in [6.45, 7) is 5.65. The summed E-state index contributed by atoms with van der Waals surface area (Å²) in [4.78, 5) is 36.5. The van der Waals surface area contributed by atoms with Gasteiger partial charge in [0.25, 0.3) is 0 Å². The summed E-state index contributed by atoms with van der Waals surface area (Å²) >= 11 is 1.07. The molecule has 27 heavy (non-hydrogen) atoms. The fourth-order valence-corrected chi connectivity index (χ4v) is 3.14. The molecule has 7 heteroatoms. The summed E-state index contributed by atoms with van der Waals surface area (Å²) in [7, 11) is 0. The number of anilines is 1. The van der Waals surface area contributed by atoms with E-state index in [4.69, 9.17) is 9.47 Å². The summed E-state index contributed by atoms with van der Waals surface area (Å²) in [5.41, 5.74) is 2.09. The van der Waals surface area contributed by atoms with Crippen molar-refractivity contribution < 1.29 is 23.9 Å². The van der Waals surface area contributed by atoms with Crippen LogP contribution in [0.4, 0.5) is 5.00 Å². The average Bonchev–Trinajstić information content (AvgIpc) is 3.05. The average molecular weight is 387 g/mol. The highest BCUT2D eigenvalue weighted by molar-refractivity contribution is 7.15. The van der Waals surface area contributed by atoms with E-state index in [2.05, 4.69) is 5.32 Å². The number of benzene rings is 1. The summed E-state index contributed by atoms with van der Waals surface area (Å²) in [6.07, 6.45) is 3.03. The van der Waals surface area contributed by atoms with Crippen molar-refractivity contribution in [1.82, 2.24) is 0 Å².